The molecule has 1 fully saturated rings. The fourth-order valence-corrected chi connectivity index (χ4v) is 4.05. The normalized spacial score (nSPS) is 16.0. The van der Waals surface area contributed by atoms with E-state index in [2.05, 4.69) is 45.5 Å². The summed E-state index contributed by atoms with van der Waals surface area (Å²) in [7, 11) is 0. The average Bonchev–Trinajstić information content (AvgIpc) is 3.20. The largest absolute Gasteiger partial charge is 0.398 e. The highest BCUT2D eigenvalue weighted by atomic mass is 35.5. The summed E-state index contributed by atoms with van der Waals surface area (Å²) >= 11 is 6.45. The Bertz CT molecular complexity index is 891. The summed E-state index contributed by atoms with van der Waals surface area (Å²) in [4.78, 5) is 7.08. The first-order valence-electron chi connectivity index (χ1n) is 9.09. The van der Waals surface area contributed by atoms with E-state index in [1.807, 2.05) is 18.2 Å². The van der Waals surface area contributed by atoms with Gasteiger partial charge < -0.3 is 11.1 Å². The number of halogens is 1. The third-order valence-electron chi connectivity index (χ3n) is 5.14. The third-order valence-corrected chi connectivity index (χ3v) is 5.45. The molecule has 0 aliphatic carbocycles. The third kappa shape index (κ3) is 3.35. The molecule has 1 aliphatic rings. The molecule has 134 valence electrons. The smallest absolute Gasteiger partial charge is 0.135 e. The number of aromatic nitrogens is 1. The van der Waals surface area contributed by atoms with Crippen molar-refractivity contribution in [1.82, 2.24) is 9.88 Å². The van der Waals surface area contributed by atoms with Crippen LogP contribution in [0.4, 0.5) is 11.5 Å². The van der Waals surface area contributed by atoms with E-state index in [9.17, 15) is 0 Å². The van der Waals surface area contributed by atoms with Crippen LogP contribution in [0.1, 0.15) is 24.4 Å². The molecular formula is C21H23ClN4. The summed E-state index contributed by atoms with van der Waals surface area (Å²) in [5.74, 6) is 0.792. The number of hydrogen-bond donors (Lipinski definition) is 2. The lowest BCUT2D eigenvalue weighted by molar-refractivity contribution is 0.256. The number of nitrogens with one attached hydrogen (secondary N) is 1. The van der Waals surface area contributed by atoms with Crippen LogP contribution in [0.25, 0.3) is 10.8 Å². The van der Waals surface area contributed by atoms with Crippen molar-refractivity contribution in [3.8, 4) is 0 Å². The first kappa shape index (κ1) is 17.1. The van der Waals surface area contributed by atoms with Crippen molar-refractivity contribution >= 4 is 33.9 Å². The maximum absolute atomic E-state index is 6.45. The predicted octanol–water partition coefficient (Wildman–Crippen LogP) is 4.72. The van der Waals surface area contributed by atoms with Crippen molar-refractivity contribution in [3.05, 3.63) is 65.3 Å². The number of pyridine rings is 1. The van der Waals surface area contributed by atoms with E-state index < -0.39 is 0 Å². The molecule has 1 unspecified atom stereocenters. The first-order valence-corrected chi connectivity index (χ1v) is 9.47. The summed E-state index contributed by atoms with van der Waals surface area (Å²) in [5, 5.41) is 6.04. The van der Waals surface area contributed by atoms with E-state index in [1.165, 1.54) is 18.4 Å². The summed E-state index contributed by atoms with van der Waals surface area (Å²) in [5.41, 5.74) is 8.16. The summed E-state index contributed by atoms with van der Waals surface area (Å²) in [6, 6.07) is 16.6. The van der Waals surface area contributed by atoms with Gasteiger partial charge in [-0.25, -0.2) is 4.98 Å². The lowest BCUT2D eigenvalue weighted by Crippen LogP contribution is -2.31. The van der Waals surface area contributed by atoms with Gasteiger partial charge in [-0.2, -0.15) is 0 Å². The molecule has 0 amide bonds. The Hall–Kier alpha value is -2.30. The Morgan fingerprint density at radius 1 is 1.08 bits per heavy atom. The van der Waals surface area contributed by atoms with Gasteiger partial charge in [0.05, 0.1) is 11.1 Å². The van der Waals surface area contributed by atoms with Gasteiger partial charge in [0.25, 0.3) is 0 Å². The first-order chi connectivity index (χ1) is 12.7. The maximum atomic E-state index is 6.45. The molecule has 0 radical (unpaired) electrons. The van der Waals surface area contributed by atoms with Gasteiger partial charge in [0.2, 0.25) is 0 Å². The summed E-state index contributed by atoms with van der Waals surface area (Å²) in [6.07, 6.45) is 4.31. The second kappa shape index (κ2) is 7.52. The number of likely N-dealkylation sites (tertiary alicyclic amines) is 1. The van der Waals surface area contributed by atoms with Crippen LogP contribution in [-0.2, 0) is 0 Å². The van der Waals surface area contributed by atoms with Crippen molar-refractivity contribution in [3.63, 3.8) is 0 Å². The van der Waals surface area contributed by atoms with Crippen LogP contribution in [0.5, 0.6) is 0 Å². The van der Waals surface area contributed by atoms with E-state index in [4.69, 9.17) is 17.3 Å². The van der Waals surface area contributed by atoms with E-state index >= 15 is 0 Å². The fourth-order valence-electron chi connectivity index (χ4n) is 3.79. The van der Waals surface area contributed by atoms with Crippen molar-refractivity contribution in [1.29, 1.82) is 0 Å². The second-order valence-electron chi connectivity index (χ2n) is 6.77. The van der Waals surface area contributed by atoms with Crippen molar-refractivity contribution < 1.29 is 0 Å². The molecule has 3 N–H and O–H groups in total. The number of fused-ring (bicyclic) bond motifs is 1. The number of hydrogen-bond acceptors (Lipinski definition) is 4. The summed E-state index contributed by atoms with van der Waals surface area (Å²) < 4.78 is 0. The minimum absolute atomic E-state index is 0.315. The lowest BCUT2D eigenvalue weighted by atomic mass is 10.1. The number of nitrogen functional groups attached to an aromatic ring is 1. The molecule has 4 rings (SSSR count). The number of nitrogens with zero attached hydrogens (tertiary/aromatic N) is 2. The zero-order valence-electron chi connectivity index (χ0n) is 14.7. The van der Waals surface area contributed by atoms with Crippen molar-refractivity contribution in [2.45, 2.75) is 18.9 Å². The lowest BCUT2D eigenvalue weighted by Gasteiger charge is -2.28. The second-order valence-corrected chi connectivity index (χ2v) is 7.18. The molecule has 5 heteroatoms. The molecule has 0 spiro atoms. The standard InChI is InChI=1S/C21H23ClN4/c22-17-8-9-18(23)16-10-11-24-21(20(16)17)25-14-19(26-12-4-5-13-26)15-6-2-1-3-7-15/h1-3,6-11,19H,4-5,12-14,23H2,(H,24,25). The van der Waals surface area contributed by atoms with Crippen molar-refractivity contribution in [2.75, 3.05) is 30.7 Å². The Labute approximate surface area is 159 Å². The topological polar surface area (TPSA) is 54.2 Å². The number of benzene rings is 2. The molecule has 1 aromatic heterocycles. The summed E-state index contributed by atoms with van der Waals surface area (Å²) in [6.45, 7) is 3.05. The molecule has 1 aliphatic heterocycles. The van der Waals surface area contributed by atoms with Gasteiger partial charge in [-0.3, -0.25) is 4.90 Å². The molecule has 4 nitrogen and oxygen atoms in total. The van der Waals surface area contributed by atoms with Gasteiger partial charge in [0, 0.05) is 29.2 Å². The Balaban J connectivity index is 1.64. The highest BCUT2D eigenvalue weighted by molar-refractivity contribution is 6.37. The van der Waals surface area contributed by atoms with Gasteiger partial charge in [-0.05, 0) is 49.7 Å². The van der Waals surface area contributed by atoms with E-state index in [0.29, 0.717) is 16.8 Å². The highest BCUT2D eigenvalue weighted by Gasteiger charge is 2.23. The predicted molar refractivity (Wildman–Crippen MR) is 110 cm³/mol. The van der Waals surface area contributed by atoms with Gasteiger partial charge in [0.15, 0.2) is 0 Å². The van der Waals surface area contributed by atoms with Gasteiger partial charge in [0.1, 0.15) is 5.82 Å². The monoisotopic (exact) mass is 366 g/mol. The van der Waals surface area contributed by atoms with Crippen LogP contribution in [-0.4, -0.2) is 29.5 Å². The van der Waals surface area contributed by atoms with Gasteiger partial charge in [-0.15, -0.1) is 0 Å². The SMILES string of the molecule is Nc1ccc(Cl)c2c(NCC(c3ccccc3)N3CCCC3)nccc12. The molecule has 26 heavy (non-hydrogen) atoms. The van der Waals surface area contributed by atoms with E-state index in [1.54, 1.807) is 6.20 Å². The van der Waals surface area contributed by atoms with Gasteiger partial charge in [-0.1, -0.05) is 41.9 Å². The molecule has 0 bridgehead atoms. The highest BCUT2D eigenvalue weighted by Crippen LogP contribution is 2.33. The Morgan fingerprint density at radius 2 is 1.85 bits per heavy atom. The zero-order valence-corrected chi connectivity index (χ0v) is 15.4. The van der Waals surface area contributed by atoms with Crippen LogP contribution in [0, 0.1) is 0 Å². The molecule has 1 saturated heterocycles. The molecule has 0 saturated carbocycles. The van der Waals surface area contributed by atoms with E-state index in [-0.39, 0.29) is 0 Å². The Morgan fingerprint density at radius 3 is 2.62 bits per heavy atom. The van der Waals surface area contributed by atoms with Crippen LogP contribution >= 0.6 is 11.6 Å². The molecule has 1 atom stereocenters. The minimum Gasteiger partial charge on any atom is -0.398 e. The van der Waals surface area contributed by atoms with E-state index in [0.717, 1.165) is 36.2 Å². The van der Waals surface area contributed by atoms with Crippen molar-refractivity contribution in [2.24, 2.45) is 0 Å². The zero-order chi connectivity index (χ0) is 17.9. The number of anilines is 2. The van der Waals surface area contributed by atoms with Crippen LogP contribution in [0.2, 0.25) is 5.02 Å². The maximum Gasteiger partial charge on any atom is 0.135 e. The van der Waals surface area contributed by atoms with Crippen LogP contribution < -0.4 is 11.1 Å². The fraction of sp³-hybridized carbons (Fsp3) is 0.286. The number of nitrogens with two attached hydrogens (primary N) is 1. The Kier molecular flexibility index (Phi) is 4.96. The average molecular weight is 367 g/mol. The molecule has 2 heterocycles. The minimum atomic E-state index is 0.315. The molecule has 3 aromatic rings. The van der Waals surface area contributed by atoms with Crippen LogP contribution in [0.3, 0.4) is 0 Å². The van der Waals surface area contributed by atoms with Gasteiger partial charge >= 0.3 is 0 Å². The quantitative estimate of drug-likeness (QED) is 0.641. The van der Waals surface area contributed by atoms with Crippen LogP contribution in [0.15, 0.2) is 54.7 Å². The molecule has 2 aromatic carbocycles. The molecular weight excluding hydrogens is 344 g/mol. The number of rotatable bonds is 5.